The van der Waals surface area contributed by atoms with E-state index in [4.69, 9.17) is 19.7 Å². The van der Waals surface area contributed by atoms with Gasteiger partial charge in [-0.1, -0.05) is 43.8 Å². The number of hydrogen-bond acceptors (Lipinski definition) is 8. The van der Waals surface area contributed by atoms with Gasteiger partial charge in [0.25, 0.3) is 5.56 Å². The molecule has 44 heavy (non-hydrogen) atoms. The third-order valence-corrected chi connectivity index (χ3v) is 9.16. The number of carbonyl (C=O) groups excluding carboxylic acids is 1. The second-order valence-corrected chi connectivity index (χ2v) is 12.1. The topological polar surface area (TPSA) is 96.7 Å². The van der Waals surface area contributed by atoms with Gasteiger partial charge < -0.3 is 19.4 Å². The zero-order chi connectivity index (χ0) is 31.1. The van der Waals surface area contributed by atoms with Gasteiger partial charge in [-0.15, -0.1) is 0 Å². The highest BCUT2D eigenvalue weighted by Gasteiger charge is 2.35. The third-order valence-electron chi connectivity index (χ3n) is 9.16. The van der Waals surface area contributed by atoms with Crippen molar-refractivity contribution in [2.75, 3.05) is 38.2 Å². The number of nitrogens with zero attached hydrogens (tertiary/aromatic N) is 7. The highest BCUT2D eigenvalue weighted by atomic mass is 16.5. The van der Waals surface area contributed by atoms with Gasteiger partial charge in [0.15, 0.2) is 11.3 Å². The second kappa shape index (κ2) is 12.0. The molecule has 2 aromatic heterocycles. The summed E-state index contributed by atoms with van der Waals surface area (Å²) >= 11 is 0. The molecule has 2 saturated heterocycles. The van der Waals surface area contributed by atoms with E-state index in [9.17, 15) is 9.59 Å². The number of benzene rings is 2. The molecule has 2 aliphatic rings. The molecule has 0 N–H and O–H groups in total. The maximum atomic E-state index is 14.5. The smallest absolute Gasteiger partial charge is 0.319 e. The van der Waals surface area contributed by atoms with Crippen molar-refractivity contribution in [2.45, 2.75) is 65.1 Å². The van der Waals surface area contributed by atoms with E-state index in [0.29, 0.717) is 36.9 Å². The van der Waals surface area contributed by atoms with Crippen LogP contribution in [0.5, 0.6) is 6.01 Å². The van der Waals surface area contributed by atoms with Crippen molar-refractivity contribution >= 4 is 33.5 Å². The molecule has 0 saturated carbocycles. The van der Waals surface area contributed by atoms with Crippen LogP contribution in [0.1, 0.15) is 45.0 Å². The molecule has 10 heteroatoms. The Morgan fingerprint density at radius 1 is 1.07 bits per heavy atom. The third kappa shape index (κ3) is 5.21. The first kappa shape index (κ1) is 29.7. The number of amides is 1. The van der Waals surface area contributed by atoms with Gasteiger partial charge in [0.2, 0.25) is 5.91 Å². The van der Waals surface area contributed by atoms with Gasteiger partial charge in [-0.3, -0.25) is 14.2 Å². The first-order valence-electron chi connectivity index (χ1n) is 15.6. The number of fused-ring (bicyclic) bond motifs is 2. The van der Waals surface area contributed by atoms with E-state index in [1.807, 2.05) is 19.1 Å². The zero-order valence-corrected chi connectivity index (χ0v) is 26.3. The lowest BCUT2D eigenvalue weighted by Crippen LogP contribution is -2.58. The summed E-state index contributed by atoms with van der Waals surface area (Å²) < 4.78 is 7.91. The van der Waals surface area contributed by atoms with Gasteiger partial charge in [-0.25, -0.2) is 4.98 Å². The normalized spacial score (nSPS) is 20.9. The van der Waals surface area contributed by atoms with Crippen molar-refractivity contribution in [3.63, 3.8) is 0 Å². The Kier molecular flexibility index (Phi) is 8.11. The lowest BCUT2D eigenvalue weighted by atomic mass is 10.0. The summed E-state index contributed by atoms with van der Waals surface area (Å²) in [4.78, 5) is 47.9. The van der Waals surface area contributed by atoms with Crippen LogP contribution in [0.15, 0.2) is 53.8 Å². The number of carbonyl (C=O) groups is 1. The van der Waals surface area contributed by atoms with E-state index in [0.717, 1.165) is 47.8 Å². The molecule has 10 nitrogen and oxygen atoms in total. The van der Waals surface area contributed by atoms with Crippen LogP contribution in [0.25, 0.3) is 27.5 Å². The number of anilines is 1. The number of ether oxygens (including phenoxy) is 1. The van der Waals surface area contributed by atoms with E-state index in [1.165, 1.54) is 6.08 Å². The number of piperazine rings is 1. The Morgan fingerprint density at radius 2 is 1.80 bits per heavy atom. The fourth-order valence-electron chi connectivity index (χ4n) is 6.96. The van der Waals surface area contributed by atoms with Gasteiger partial charge in [0.1, 0.15) is 17.9 Å². The van der Waals surface area contributed by atoms with Crippen molar-refractivity contribution in [1.29, 1.82) is 0 Å². The van der Waals surface area contributed by atoms with Crippen LogP contribution in [-0.2, 0) is 11.2 Å². The molecule has 3 atom stereocenters. The first-order chi connectivity index (χ1) is 21.2. The van der Waals surface area contributed by atoms with E-state index in [-0.39, 0.29) is 41.1 Å². The number of likely N-dealkylation sites (N-methyl/N-ethyl adjacent to an activating group) is 1. The molecule has 6 rings (SSSR count). The van der Waals surface area contributed by atoms with E-state index < -0.39 is 0 Å². The monoisotopic (exact) mass is 595 g/mol. The molecule has 2 aromatic carbocycles. The number of rotatable bonds is 7. The maximum absolute atomic E-state index is 14.5. The summed E-state index contributed by atoms with van der Waals surface area (Å²) in [6, 6.07) is 12.5. The molecule has 0 aliphatic carbocycles. The minimum absolute atomic E-state index is 0.0933. The summed E-state index contributed by atoms with van der Waals surface area (Å²) in [5, 5.41) is 2.10. The molecule has 1 amide bonds. The van der Waals surface area contributed by atoms with Crippen molar-refractivity contribution in [1.82, 2.24) is 29.3 Å². The lowest BCUT2D eigenvalue weighted by Gasteiger charge is -2.45. The van der Waals surface area contributed by atoms with Crippen LogP contribution in [0, 0.1) is 6.92 Å². The average molecular weight is 596 g/mol. The highest BCUT2D eigenvalue weighted by Crippen LogP contribution is 2.32. The molecule has 2 fully saturated rings. The molecule has 230 valence electrons. The number of likely N-dealkylation sites (tertiary alicyclic amines) is 1. The van der Waals surface area contributed by atoms with Gasteiger partial charge in [-0.05, 0) is 76.7 Å². The zero-order valence-electron chi connectivity index (χ0n) is 26.3. The highest BCUT2D eigenvalue weighted by molar-refractivity contribution is 5.94. The molecular formula is C34H41N7O3. The quantitative estimate of drug-likeness (QED) is 0.292. The average Bonchev–Trinajstić information content (AvgIpc) is 3.43. The van der Waals surface area contributed by atoms with Gasteiger partial charge in [0, 0.05) is 36.6 Å². The van der Waals surface area contributed by atoms with Crippen LogP contribution >= 0.6 is 0 Å². The molecule has 0 radical (unpaired) electrons. The van der Waals surface area contributed by atoms with Crippen molar-refractivity contribution < 1.29 is 9.53 Å². The predicted molar refractivity (Wildman–Crippen MR) is 174 cm³/mol. The summed E-state index contributed by atoms with van der Waals surface area (Å²) in [7, 11) is 2.10. The van der Waals surface area contributed by atoms with Crippen molar-refractivity contribution in [2.24, 2.45) is 0 Å². The summed E-state index contributed by atoms with van der Waals surface area (Å²) in [5.74, 6) is 1.00. The first-order valence-corrected chi connectivity index (χ1v) is 15.6. The van der Waals surface area contributed by atoms with Gasteiger partial charge in [0.05, 0.1) is 5.69 Å². The Balaban J connectivity index is 1.53. The second-order valence-electron chi connectivity index (χ2n) is 12.1. The summed E-state index contributed by atoms with van der Waals surface area (Å²) in [5.41, 5.74) is 2.33. The van der Waals surface area contributed by atoms with E-state index in [1.54, 1.807) is 9.47 Å². The van der Waals surface area contributed by atoms with Crippen LogP contribution in [0.2, 0.25) is 0 Å². The Bertz CT molecular complexity index is 1780. The van der Waals surface area contributed by atoms with Gasteiger partial charge >= 0.3 is 6.01 Å². The standard InChI is InChI=1S/C34H41N7O3/c1-7-24-12-9-13-25-14-10-16-27(29(24)25)41-23(5)35-30-31(33(41)43)36-34(44-20-26-15-11-17-38(26)6)37-32(30)40-21(3)18-39(19-22(40)4)28(42)8-2/h8-10,12-14,16,21-22,26H,2,7,11,15,17-20H2,1,3-6H3/t21-,22-,26-/m0/s1. The number of aryl methyl sites for hydroxylation is 2. The molecule has 4 heterocycles. The minimum atomic E-state index is -0.266. The van der Waals surface area contributed by atoms with Gasteiger partial charge in [-0.2, -0.15) is 9.97 Å². The lowest BCUT2D eigenvalue weighted by molar-refractivity contribution is -0.127. The van der Waals surface area contributed by atoms with Crippen molar-refractivity contribution in [3.8, 4) is 11.7 Å². The molecule has 0 unspecified atom stereocenters. The molecule has 4 aromatic rings. The predicted octanol–water partition coefficient (Wildman–Crippen LogP) is 4.28. The fraction of sp³-hybridized carbons (Fsp3) is 0.441. The Morgan fingerprint density at radius 3 is 2.45 bits per heavy atom. The Hall–Kier alpha value is -4.31. The Labute approximate surface area is 258 Å². The number of hydrogen-bond donors (Lipinski definition) is 0. The number of aromatic nitrogens is 4. The molecule has 0 bridgehead atoms. The van der Waals surface area contributed by atoms with Crippen molar-refractivity contribution in [3.05, 3.63) is 70.8 Å². The largest absolute Gasteiger partial charge is 0.462 e. The SMILES string of the molecule is C=CC(=O)N1C[C@H](C)N(c2nc(OC[C@@H]3CCCN3C)nc3c(=O)n(-c4cccc5cccc(CC)c45)c(C)nc23)[C@@H](C)C1. The summed E-state index contributed by atoms with van der Waals surface area (Å²) in [6.45, 7) is 14.2. The molecule has 0 spiro atoms. The van der Waals surface area contributed by atoms with Crippen LogP contribution in [-0.4, -0.2) is 86.6 Å². The van der Waals surface area contributed by atoms with Crippen LogP contribution in [0.3, 0.4) is 0 Å². The van der Waals surface area contributed by atoms with Crippen LogP contribution in [0.4, 0.5) is 5.82 Å². The summed E-state index contributed by atoms with van der Waals surface area (Å²) in [6.07, 6.45) is 4.35. The molecular weight excluding hydrogens is 554 g/mol. The van der Waals surface area contributed by atoms with Crippen LogP contribution < -0.4 is 15.2 Å². The van der Waals surface area contributed by atoms with E-state index >= 15 is 0 Å². The molecule has 2 aliphatic heterocycles. The fourth-order valence-corrected chi connectivity index (χ4v) is 6.96. The minimum Gasteiger partial charge on any atom is -0.462 e. The maximum Gasteiger partial charge on any atom is 0.319 e. The van der Waals surface area contributed by atoms with E-state index in [2.05, 4.69) is 68.5 Å².